The van der Waals surface area contributed by atoms with Crippen molar-refractivity contribution in [3.05, 3.63) is 22.4 Å². The first-order chi connectivity index (χ1) is 6.11. The van der Waals surface area contributed by atoms with Gasteiger partial charge in [-0.3, -0.25) is 9.59 Å². The van der Waals surface area contributed by atoms with Crippen molar-refractivity contribution in [3.63, 3.8) is 0 Å². The quantitative estimate of drug-likeness (QED) is 0.685. The molecule has 0 aromatic carbocycles. The van der Waals surface area contributed by atoms with Gasteiger partial charge >= 0.3 is 0 Å². The molecule has 0 fully saturated rings. The Bertz CT molecular complexity index is 305. The first kappa shape index (κ1) is 9.92. The largest absolute Gasteiger partial charge is 0.334 e. The van der Waals surface area contributed by atoms with Crippen LogP contribution in [0.25, 0.3) is 0 Å². The molecule has 1 amide bonds. The van der Waals surface area contributed by atoms with E-state index < -0.39 is 11.7 Å². The Morgan fingerprint density at radius 2 is 2.23 bits per heavy atom. The van der Waals surface area contributed by atoms with Crippen LogP contribution in [0, 0.1) is 0 Å². The summed E-state index contributed by atoms with van der Waals surface area (Å²) >= 11 is 1.58. The first-order valence-corrected chi connectivity index (χ1v) is 4.77. The standard InChI is InChI=1S/C9H11NO2S/c1-7(11)9(12)10(2)6-8-4-3-5-13-8/h3-5H,6H2,1-2H3. The second-order valence-corrected chi connectivity index (χ2v) is 3.83. The van der Waals surface area contributed by atoms with E-state index in [1.54, 1.807) is 18.4 Å². The minimum absolute atomic E-state index is 0.418. The number of hydrogen-bond acceptors (Lipinski definition) is 3. The molecule has 0 spiro atoms. The number of carbonyl (C=O) groups is 2. The highest BCUT2D eigenvalue weighted by atomic mass is 32.1. The molecule has 3 nitrogen and oxygen atoms in total. The summed E-state index contributed by atoms with van der Waals surface area (Å²) in [5, 5.41) is 1.95. The smallest absolute Gasteiger partial charge is 0.289 e. The summed E-state index contributed by atoms with van der Waals surface area (Å²) in [6.07, 6.45) is 0. The number of nitrogens with zero attached hydrogens (tertiary/aromatic N) is 1. The summed E-state index contributed by atoms with van der Waals surface area (Å²) in [5.41, 5.74) is 0. The molecule has 4 heteroatoms. The number of amides is 1. The predicted octanol–water partition coefficient (Wildman–Crippen LogP) is 1.30. The number of rotatable bonds is 3. The molecule has 1 heterocycles. The summed E-state index contributed by atoms with van der Waals surface area (Å²) in [4.78, 5) is 24.4. The van der Waals surface area contributed by atoms with Crippen molar-refractivity contribution in [1.29, 1.82) is 0 Å². The molecule has 0 aliphatic rings. The molecule has 0 bridgehead atoms. The van der Waals surface area contributed by atoms with Crippen LogP contribution >= 0.6 is 11.3 Å². The van der Waals surface area contributed by atoms with Crippen molar-refractivity contribution in [1.82, 2.24) is 4.90 Å². The van der Waals surface area contributed by atoms with Crippen LogP contribution in [0.15, 0.2) is 17.5 Å². The van der Waals surface area contributed by atoms with E-state index >= 15 is 0 Å². The third-order valence-electron chi connectivity index (χ3n) is 1.62. The monoisotopic (exact) mass is 197 g/mol. The zero-order chi connectivity index (χ0) is 9.84. The molecular weight excluding hydrogens is 186 g/mol. The summed E-state index contributed by atoms with van der Waals surface area (Å²) < 4.78 is 0. The van der Waals surface area contributed by atoms with Gasteiger partial charge in [0.05, 0.1) is 6.54 Å². The van der Waals surface area contributed by atoms with E-state index in [0.717, 1.165) is 4.88 Å². The van der Waals surface area contributed by atoms with Gasteiger partial charge in [-0.15, -0.1) is 11.3 Å². The number of likely N-dealkylation sites (N-methyl/N-ethyl adjacent to an activating group) is 1. The Balaban J connectivity index is 2.55. The average Bonchev–Trinajstić information content (AvgIpc) is 2.55. The Morgan fingerprint density at radius 3 is 2.69 bits per heavy atom. The fraction of sp³-hybridized carbons (Fsp3) is 0.333. The Labute approximate surface area is 81.0 Å². The van der Waals surface area contributed by atoms with Gasteiger partial charge in [0.25, 0.3) is 5.91 Å². The number of carbonyl (C=O) groups excluding carboxylic acids is 2. The van der Waals surface area contributed by atoms with Gasteiger partial charge in [0.1, 0.15) is 0 Å². The van der Waals surface area contributed by atoms with Gasteiger partial charge in [-0.1, -0.05) is 6.07 Å². The van der Waals surface area contributed by atoms with Crippen LogP contribution in [-0.4, -0.2) is 23.6 Å². The molecule has 1 aromatic heterocycles. The SMILES string of the molecule is CC(=O)C(=O)N(C)Cc1cccs1. The summed E-state index contributed by atoms with van der Waals surface area (Å²) in [7, 11) is 1.63. The predicted molar refractivity (Wildman–Crippen MR) is 51.5 cm³/mol. The van der Waals surface area contributed by atoms with Gasteiger partial charge in [0.15, 0.2) is 0 Å². The van der Waals surface area contributed by atoms with Crippen LogP contribution in [0.2, 0.25) is 0 Å². The number of ketones is 1. The van der Waals surface area contributed by atoms with Gasteiger partial charge in [-0.05, 0) is 11.4 Å². The minimum atomic E-state index is -0.437. The maximum Gasteiger partial charge on any atom is 0.289 e. The number of thiophene rings is 1. The van der Waals surface area contributed by atoms with Crippen LogP contribution < -0.4 is 0 Å². The zero-order valence-corrected chi connectivity index (χ0v) is 8.43. The highest BCUT2D eigenvalue weighted by molar-refractivity contribution is 7.09. The molecular formula is C9H11NO2S. The van der Waals surface area contributed by atoms with Crippen LogP contribution in [0.5, 0.6) is 0 Å². The van der Waals surface area contributed by atoms with E-state index in [-0.39, 0.29) is 0 Å². The van der Waals surface area contributed by atoms with E-state index in [0.29, 0.717) is 6.54 Å². The van der Waals surface area contributed by atoms with Gasteiger partial charge in [-0.2, -0.15) is 0 Å². The second kappa shape index (κ2) is 4.18. The van der Waals surface area contributed by atoms with Crippen molar-refractivity contribution in [3.8, 4) is 0 Å². The molecule has 0 saturated carbocycles. The van der Waals surface area contributed by atoms with Crippen LogP contribution in [-0.2, 0) is 16.1 Å². The van der Waals surface area contributed by atoms with E-state index in [1.165, 1.54) is 11.8 Å². The molecule has 1 rings (SSSR count). The van der Waals surface area contributed by atoms with E-state index in [1.807, 2.05) is 17.5 Å². The molecule has 0 radical (unpaired) electrons. The van der Waals surface area contributed by atoms with E-state index in [4.69, 9.17) is 0 Å². The lowest BCUT2D eigenvalue weighted by atomic mass is 10.3. The molecule has 0 aliphatic heterocycles. The summed E-state index contributed by atoms with van der Waals surface area (Å²) in [6.45, 7) is 1.79. The summed E-state index contributed by atoms with van der Waals surface area (Å²) in [6, 6.07) is 3.86. The maximum absolute atomic E-state index is 11.2. The number of hydrogen-bond donors (Lipinski definition) is 0. The van der Waals surface area contributed by atoms with E-state index in [2.05, 4.69) is 0 Å². The van der Waals surface area contributed by atoms with Gasteiger partial charge < -0.3 is 4.90 Å². The summed E-state index contributed by atoms with van der Waals surface area (Å²) in [5.74, 6) is -0.854. The minimum Gasteiger partial charge on any atom is -0.334 e. The topological polar surface area (TPSA) is 37.4 Å². The Kier molecular flexibility index (Phi) is 3.19. The van der Waals surface area contributed by atoms with Crippen LogP contribution in [0.3, 0.4) is 0 Å². The van der Waals surface area contributed by atoms with Crippen molar-refractivity contribution in [2.45, 2.75) is 13.5 Å². The third-order valence-corrected chi connectivity index (χ3v) is 2.48. The van der Waals surface area contributed by atoms with Gasteiger partial charge in [0.2, 0.25) is 5.78 Å². The lowest BCUT2D eigenvalue weighted by Crippen LogP contribution is -2.30. The first-order valence-electron chi connectivity index (χ1n) is 3.89. The molecule has 0 N–H and O–H groups in total. The molecule has 1 aromatic rings. The van der Waals surface area contributed by atoms with Gasteiger partial charge in [-0.25, -0.2) is 0 Å². The molecule has 0 aliphatic carbocycles. The molecule has 13 heavy (non-hydrogen) atoms. The lowest BCUT2D eigenvalue weighted by molar-refractivity contribution is -0.143. The normalized spacial score (nSPS) is 9.69. The fourth-order valence-electron chi connectivity index (χ4n) is 0.977. The molecule has 0 saturated heterocycles. The number of Topliss-reactive ketones (excluding diaryl/α,β-unsaturated/α-hetero) is 1. The highest BCUT2D eigenvalue weighted by Gasteiger charge is 2.13. The van der Waals surface area contributed by atoms with E-state index in [9.17, 15) is 9.59 Å². The fourth-order valence-corrected chi connectivity index (χ4v) is 1.73. The Hall–Kier alpha value is -1.16. The average molecular weight is 197 g/mol. The van der Waals surface area contributed by atoms with Crippen molar-refractivity contribution < 1.29 is 9.59 Å². The van der Waals surface area contributed by atoms with Crippen LogP contribution in [0.4, 0.5) is 0 Å². The Morgan fingerprint density at radius 1 is 1.54 bits per heavy atom. The molecule has 70 valence electrons. The third kappa shape index (κ3) is 2.66. The van der Waals surface area contributed by atoms with Gasteiger partial charge in [0, 0.05) is 18.8 Å². The molecule has 0 unspecified atom stereocenters. The highest BCUT2D eigenvalue weighted by Crippen LogP contribution is 2.10. The van der Waals surface area contributed by atoms with Crippen molar-refractivity contribution in [2.24, 2.45) is 0 Å². The molecule has 0 atom stereocenters. The zero-order valence-electron chi connectivity index (χ0n) is 7.61. The second-order valence-electron chi connectivity index (χ2n) is 2.80. The van der Waals surface area contributed by atoms with Crippen molar-refractivity contribution in [2.75, 3.05) is 7.05 Å². The lowest BCUT2D eigenvalue weighted by Gasteiger charge is -2.13. The van der Waals surface area contributed by atoms with Crippen LogP contribution in [0.1, 0.15) is 11.8 Å². The maximum atomic E-state index is 11.2. The van der Waals surface area contributed by atoms with Crippen molar-refractivity contribution >= 4 is 23.0 Å².